The van der Waals surface area contributed by atoms with E-state index in [0.717, 1.165) is 24.8 Å². The molecule has 2 rings (SSSR count). The van der Waals surface area contributed by atoms with Gasteiger partial charge in [0.1, 0.15) is 0 Å². The number of rotatable bonds is 3. The highest BCUT2D eigenvalue weighted by Crippen LogP contribution is 2.52. The van der Waals surface area contributed by atoms with Gasteiger partial charge < -0.3 is 5.73 Å². The predicted molar refractivity (Wildman–Crippen MR) is 69.6 cm³/mol. The molecule has 1 aliphatic carbocycles. The molecule has 3 heteroatoms. The first-order chi connectivity index (χ1) is 8.52. The minimum atomic E-state index is -2.83. The van der Waals surface area contributed by atoms with E-state index in [1.807, 2.05) is 13.0 Å². The van der Waals surface area contributed by atoms with Crippen LogP contribution in [0.5, 0.6) is 0 Å². The van der Waals surface area contributed by atoms with Gasteiger partial charge in [-0.1, -0.05) is 49.1 Å². The van der Waals surface area contributed by atoms with Crippen molar-refractivity contribution in [2.24, 2.45) is 11.1 Å². The molecule has 0 bridgehead atoms. The van der Waals surface area contributed by atoms with Gasteiger partial charge in [0.15, 0.2) is 0 Å². The van der Waals surface area contributed by atoms with Crippen molar-refractivity contribution >= 4 is 0 Å². The maximum absolute atomic E-state index is 14.8. The molecule has 0 saturated heterocycles. The second-order valence-corrected chi connectivity index (χ2v) is 5.49. The van der Waals surface area contributed by atoms with Gasteiger partial charge in [0.2, 0.25) is 0 Å². The molecular weight excluding hydrogens is 232 g/mol. The standard InChI is InChI=1S/C15H21F2N/c1-12-6-5-7-13(10-12)15(16,17)14(11-18)8-3-2-4-9-14/h5-7,10H,2-4,8-9,11,18H2,1H3. The average Bonchev–Trinajstić information content (AvgIpc) is 2.39. The molecule has 18 heavy (non-hydrogen) atoms. The van der Waals surface area contributed by atoms with Gasteiger partial charge in [0, 0.05) is 12.1 Å². The molecule has 100 valence electrons. The van der Waals surface area contributed by atoms with Crippen LogP contribution < -0.4 is 5.73 Å². The highest BCUT2D eigenvalue weighted by atomic mass is 19.3. The Morgan fingerprint density at radius 2 is 1.89 bits per heavy atom. The fourth-order valence-electron chi connectivity index (χ4n) is 3.02. The van der Waals surface area contributed by atoms with Gasteiger partial charge >= 0.3 is 0 Å². The van der Waals surface area contributed by atoms with Gasteiger partial charge in [-0.2, -0.15) is 0 Å². The first-order valence-electron chi connectivity index (χ1n) is 6.67. The van der Waals surface area contributed by atoms with E-state index in [4.69, 9.17) is 5.73 Å². The normalized spacial score (nSPS) is 19.8. The zero-order chi connectivity index (χ0) is 13.2. The van der Waals surface area contributed by atoms with Crippen LogP contribution in [0.25, 0.3) is 0 Å². The molecule has 0 atom stereocenters. The minimum absolute atomic E-state index is 0.0634. The van der Waals surface area contributed by atoms with Crippen molar-refractivity contribution < 1.29 is 8.78 Å². The molecule has 1 nitrogen and oxygen atoms in total. The third-order valence-corrected chi connectivity index (χ3v) is 4.25. The van der Waals surface area contributed by atoms with Crippen molar-refractivity contribution in [1.82, 2.24) is 0 Å². The number of alkyl halides is 2. The van der Waals surface area contributed by atoms with Crippen LogP contribution in [0.3, 0.4) is 0 Å². The fourth-order valence-corrected chi connectivity index (χ4v) is 3.02. The average molecular weight is 253 g/mol. The van der Waals surface area contributed by atoms with Crippen LogP contribution in [0.4, 0.5) is 8.78 Å². The first kappa shape index (κ1) is 13.5. The van der Waals surface area contributed by atoms with E-state index in [0.29, 0.717) is 12.8 Å². The van der Waals surface area contributed by atoms with Crippen molar-refractivity contribution in [2.75, 3.05) is 6.54 Å². The molecule has 2 N–H and O–H groups in total. The van der Waals surface area contributed by atoms with Crippen LogP contribution in [0.15, 0.2) is 24.3 Å². The zero-order valence-corrected chi connectivity index (χ0v) is 10.9. The maximum atomic E-state index is 14.8. The summed E-state index contributed by atoms with van der Waals surface area (Å²) in [6.07, 6.45) is 3.83. The van der Waals surface area contributed by atoms with Crippen molar-refractivity contribution in [3.8, 4) is 0 Å². The Kier molecular flexibility index (Phi) is 3.71. The number of benzene rings is 1. The molecule has 1 saturated carbocycles. The van der Waals surface area contributed by atoms with Gasteiger partial charge in [0.25, 0.3) is 5.92 Å². The van der Waals surface area contributed by atoms with Crippen molar-refractivity contribution in [3.05, 3.63) is 35.4 Å². The summed E-state index contributed by atoms with van der Waals surface area (Å²) in [6, 6.07) is 6.66. The lowest BCUT2D eigenvalue weighted by atomic mass is 9.67. The van der Waals surface area contributed by atoms with Crippen LogP contribution in [-0.2, 0) is 5.92 Å². The zero-order valence-electron chi connectivity index (χ0n) is 10.9. The summed E-state index contributed by atoms with van der Waals surface area (Å²) in [7, 11) is 0. The van der Waals surface area contributed by atoms with Crippen LogP contribution in [0.2, 0.25) is 0 Å². The van der Waals surface area contributed by atoms with Crippen LogP contribution in [0.1, 0.15) is 43.2 Å². The Morgan fingerprint density at radius 1 is 1.22 bits per heavy atom. The second-order valence-electron chi connectivity index (χ2n) is 5.49. The monoisotopic (exact) mass is 253 g/mol. The predicted octanol–water partition coefficient (Wildman–Crippen LogP) is 4.00. The van der Waals surface area contributed by atoms with E-state index in [1.165, 1.54) is 6.07 Å². The smallest absolute Gasteiger partial charge is 0.279 e. The number of hydrogen-bond donors (Lipinski definition) is 1. The quantitative estimate of drug-likeness (QED) is 0.865. The molecule has 0 unspecified atom stereocenters. The third-order valence-electron chi connectivity index (χ3n) is 4.25. The number of nitrogens with two attached hydrogens (primary N) is 1. The van der Waals surface area contributed by atoms with Crippen LogP contribution >= 0.6 is 0 Å². The maximum Gasteiger partial charge on any atom is 0.279 e. The number of aryl methyl sites for hydroxylation is 1. The summed E-state index contributed by atoms with van der Waals surface area (Å²) in [5, 5.41) is 0. The SMILES string of the molecule is Cc1cccc(C(F)(F)C2(CN)CCCCC2)c1. The molecule has 0 amide bonds. The van der Waals surface area contributed by atoms with Gasteiger partial charge in [0.05, 0.1) is 5.41 Å². The van der Waals surface area contributed by atoms with E-state index < -0.39 is 11.3 Å². The molecule has 0 radical (unpaired) electrons. The summed E-state index contributed by atoms with van der Waals surface area (Å²) in [6.45, 7) is 1.91. The van der Waals surface area contributed by atoms with Gasteiger partial charge in [-0.3, -0.25) is 0 Å². The Bertz CT molecular complexity index is 409. The highest BCUT2D eigenvalue weighted by molar-refractivity contribution is 5.28. The Hall–Kier alpha value is -0.960. The largest absolute Gasteiger partial charge is 0.330 e. The molecule has 1 aromatic carbocycles. The van der Waals surface area contributed by atoms with Gasteiger partial charge in [-0.15, -0.1) is 0 Å². The van der Waals surface area contributed by atoms with Crippen LogP contribution in [-0.4, -0.2) is 6.54 Å². The lowest BCUT2D eigenvalue weighted by molar-refractivity contribution is -0.142. The summed E-state index contributed by atoms with van der Waals surface area (Å²) in [5.41, 5.74) is 5.67. The van der Waals surface area contributed by atoms with Crippen molar-refractivity contribution in [1.29, 1.82) is 0 Å². The molecule has 1 fully saturated rings. The Balaban J connectivity index is 2.38. The summed E-state index contributed by atoms with van der Waals surface area (Å²) < 4.78 is 29.6. The van der Waals surface area contributed by atoms with Crippen LogP contribution in [0, 0.1) is 12.3 Å². The number of halogens is 2. The summed E-state index contributed by atoms with van der Waals surface area (Å²) in [5.74, 6) is -2.83. The Morgan fingerprint density at radius 3 is 2.44 bits per heavy atom. The van der Waals surface area contributed by atoms with E-state index in [2.05, 4.69) is 0 Å². The number of hydrogen-bond acceptors (Lipinski definition) is 1. The molecule has 1 aliphatic rings. The van der Waals surface area contributed by atoms with Crippen molar-refractivity contribution in [3.63, 3.8) is 0 Å². The fraction of sp³-hybridized carbons (Fsp3) is 0.600. The summed E-state index contributed by atoms with van der Waals surface area (Å²) >= 11 is 0. The van der Waals surface area contributed by atoms with Gasteiger partial charge in [-0.05, 0) is 19.8 Å². The topological polar surface area (TPSA) is 26.0 Å². The lowest BCUT2D eigenvalue weighted by Gasteiger charge is -2.42. The highest BCUT2D eigenvalue weighted by Gasteiger charge is 2.53. The first-order valence-corrected chi connectivity index (χ1v) is 6.67. The van der Waals surface area contributed by atoms with E-state index in [1.54, 1.807) is 12.1 Å². The molecule has 1 aromatic rings. The minimum Gasteiger partial charge on any atom is -0.330 e. The molecule has 0 aromatic heterocycles. The van der Waals surface area contributed by atoms with E-state index in [9.17, 15) is 8.78 Å². The lowest BCUT2D eigenvalue weighted by Crippen LogP contribution is -2.46. The second kappa shape index (κ2) is 4.96. The molecule has 0 spiro atoms. The van der Waals surface area contributed by atoms with E-state index >= 15 is 0 Å². The van der Waals surface area contributed by atoms with Gasteiger partial charge in [-0.25, -0.2) is 8.78 Å². The summed E-state index contributed by atoms with van der Waals surface area (Å²) in [4.78, 5) is 0. The van der Waals surface area contributed by atoms with E-state index in [-0.39, 0.29) is 12.1 Å². The third kappa shape index (κ3) is 2.16. The Labute approximate surface area is 107 Å². The van der Waals surface area contributed by atoms with Crippen molar-refractivity contribution in [2.45, 2.75) is 45.0 Å². The molecular formula is C15H21F2N. The molecule has 0 heterocycles. The molecule has 0 aliphatic heterocycles.